The van der Waals surface area contributed by atoms with Gasteiger partial charge in [0.15, 0.2) is 5.76 Å². The molecule has 2 aromatic rings. The summed E-state index contributed by atoms with van der Waals surface area (Å²) >= 11 is 0. The third kappa shape index (κ3) is 4.68. The van der Waals surface area contributed by atoms with Gasteiger partial charge in [0, 0.05) is 31.7 Å². The van der Waals surface area contributed by atoms with Gasteiger partial charge in [0.1, 0.15) is 6.17 Å². The van der Waals surface area contributed by atoms with Crippen molar-refractivity contribution >= 4 is 5.97 Å². The van der Waals surface area contributed by atoms with Crippen molar-refractivity contribution in [1.29, 1.82) is 0 Å². The third-order valence-corrected chi connectivity index (χ3v) is 4.66. The fourth-order valence-corrected chi connectivity index (χ4v) is 3.54. The van der Waals surface area contributed by atoms with Crippen LogP contribution in [-0.4, -0.2) is 58.4 Å². The minimum atomic E-state index is -0.931. The number of likely N-dealkylation sites (tertiary alicyclic amines) is 1. The second kappa shape index (κ2) is 7.97. The Morgan fingerprint density at radius 2 is 2.27 bits per heavy atom. The van der Waals surface area contributed by atoms with Crippen LogP contribution in [0, 0.1) is 6.92 Å². The summed E-state index contributed by atoms with van der Waals surface area (Å²) in [6.07, 6.45) is -0.347. The van der Waals surface area contributed by atoms with Gasteiger partial charge in [-0.3, -0.25) is 4.90 Å². The van der Waals surface area contributed by atoms with E-state index < -0.39 is 12.1 Å². The Hall–Kier alpha value is -2.25. The van der Waals surface area contributed by atoms with E-state index in [0.29, 0.717) is 32.6 Å². The maximum absolute atomic E-state index is 14.0. The van der Waals surface area contributed by atoms with E-state index in [0.717, 1.165) is 17.0 Å². The van der Waals surface area contributed by atoms with Gasteiger partial charge in [-0.25, -0.2) is 9.18 Å². The Bertz CT molecular complexity index is 764. The number of aromatic carboxylic acids is 1. The zero-order valence-corrected chi connectivity index (χ0v) is 15.1. The number of aryl methyl sites for hydroxylation is 1. The molecule has 6 nitrogen and oxygen atoms in total. The first kappa shape index (κ1) is 18.5. The molecule has 1 aliphatic rings. The molecule has 0 radical (unpaired) electrons. The summed E-state index contributed by atoms with van der Waals surface area (Å²) in [5.41, 5.74) is 2.03. The Morgan fingerprint density at radius 3 is 2.96 bits per heavy atom. The van der Waals surface area contributed by atoms with E-state index in [4.69, 9.17) is 9.63 Å². The topological polar surface area (TPSA) is 69.8 Å². The molecule has 0 amide bonds. The van der Waals surface area contributed by atoms with Crippen molar-refractivity contribution in [3.63, 3.8) is 0 Å². The van der Waals surface area contributed by atoms with Crippen LogP contribution in [0.4, 0.5) is 4.39 Å². The van der Waals surface area contributed by atoms with E-state index in [-0.39, 0.29) is 11.6 Å². The Labute approximate surface area is 152 Å². The molecule has 2 heterocycles. The first-order chi connectivity index (χ1) is 12.4. The number of nitrogens with zero attached hydrogens (tertiary/aromatic N) is 3. The number of carbonyl (C=O) groups is 1. The lowest BCUT2D eigenvalue weighted by Gasteiger charge is -2.27. The number of rotatable bonds is 7. The number of carboxylic acid groups (broad SMARTS) is 1. The maximum atomic E-state index is 14.0. The number of hydrogen-bond donors (Lipinski definition) is 1. The molecule has 3 rings (SSSR count). The summed E-state index contributed by atoms with van der Waals surface area (Å²) in [6, 6.07) is 8.88. The molecule has 1 fully saturated rings. The van der Waals surface area contributed by atoms with Crippen molar-refractivity contribution in [2.75, 3.05) is 20.1 Å². The zero-order valence-electron chi connectivity index (χ0n) is 15.1. The molecule has 0 bridgehead atoms. The summed E-state index contributed by atoms with van der Waals surface area (Å²) in [5.74, 6) is -0.183. The standard InChI is InChI=1S/C19H24FN3O3/c1-13-6-18(26-21-13)12-23-10-16(20)8-17(23)11-22(2)9-14-4-3-5-15(7-14)19(24)25/h3-7,16-17H,8-12H2,1-2H3,(H,24,25)/t16-,17-/m0/s1. The van der Waals surface area contributed by atoms with Crippen LogP contribution in [0.5, 0.6) is 0 Å². The summed E-state index contributed by atoms with van der Waals surface area (Å²) in [7, 11) is 1.97. The molecule has 1 aliphatic heterocycles. The second-order valence-electron chi connectivity index (χ2n) is 7.05. The van der Waals surface area contributed by atoms with E-state index >= 15 is 0 Å². The maximum Gasteiger partial charge on any atom is 0.335 e. The van der Waals surface area contributed by atoms with Gasteiger partial charge in [0.25, 0.3) is 0 Å². The second-order valence-corrected chi connectivity index (χ2v) is 7.05. The van der Waals surface area contributed by atoms with Gasteiger partial charge in [0.2, 0.25) is 0 Å². The van der Waals surface area contributed by atoms with E-state index in [1.807, 2.05) is 26.1 Å². The fraction of sp³-hybridized carbons (Fsp3) is 0.474. The number of halogens is 1. The molecule has 2 atom stereocenters. The summed E-state index contributed by atoms with van der Waals surface area (Å²) in [4.78, 5) is 15.3. The van der Waals surface area contributed by atoms with Gasteiger partial charge < -0.3 is 14.5 Å². The van der Waals surface area contributed by atoms with Gasteiger partial charge in [-0.1, -0.05) is 17.3 Å². The number of alkyl halides is 1. The van der Waals surface area contributed by atoms with E-state index in [1.165, 1.54) is 0 Å². The predicted octanol–water partition coefficient (Wildman–Crippen LogP) is 2.73. The predicted molar refractivity (Wildman–Crippen MR) is 94.7 cm³/mol. The largest absolute Gasteiger partial charge is 0.478 e. The van der Waals surface area contributed by atoms with Gasteiger partial charge >= 0.3 is 5.97 Å². The van der Waals surface area contributed by atoms with E-state index in [1.54, 1.807) is 18.2 Å². The molecule has 1 N–H and O–H groups in total. The van der Waals surface area contributed by atoms with Gasteiger partial charge in [-0.05, 0) is 38.1 Å². The lowest BCUT2D eigenvalue weighted by molar-refractivity contribution is 0.0696. The minimum Gasteiger partial charge on any atom is -0.478 e. The van der Waals surface area contributed by atoms with Crippen molar-refractivity contribution in [3.05, 3.63) is 52.9 Å². The van der Waals surface area contributed by atoms with Crippen LogP contribution in [-0.2, 0) is 13.1 Å². The number of aromatic nitrogens is 1. The normalized spacial score (nSPS) is 20.8. The van der Waals surface area contributed by atoms with Crippen LogP contribution in [0.15, 0.2) is 34.9 Å². The molecular formula is C19H24FN3O3. The fourth-order valence-electron chi connectivity index (χ4n) is 3.54. The SMILES string of the molecule is Cc1cc(CN2C[C@@H](F)C[C@H]2CN(C)Cc2cccc(C(=O)O)c2)on1. The molecule has 140 valence electrons. The highest BCUT2D eigenvalue weighted by Gasteiger charge is 2.33. The van der Waals surface area contributed by atoms with Crippen molar-refractivity contribution < 1.29 is 18.8 Å². The molecule has 0 aliphatic carbocycles. The average Bonchev–Trinajstić information content (AvgIpc) is 3.13. The smallest absolute Gasteiger partial charge is 0.335 e. The number of likely N-dealkylation sites (N-methyl/N-ethyl adjacent to an activating group) is 1. The Morgan fingerprint density at radius 1 is 1.46 bits per heavy atom. The van der Waals surface area contributed by atoms with Crippen LogP contribution in [0.1, 0.15) is 33.8 Å². The summed E-state index contributed by atoms with van der Waals surface area (Å²) in [5, 5.41) is 13.0. The molecule has 0 unspecified atom stereocenters. The van der Waals surface area contributed by atoms with Crippen LogP contribution >= 0.6 is 0 Å². The minimum absolute atomic E-state index is 0.0862. The average molecular weight is 361 g/mol. The van der Waals surface area contributed by atoms with Crippen LogP contribution in [0.3, 0.4) is 0 Å². The van der Waals surface area contributed by atoms with Crippen molar-refractivity contribution in [3.8, 4) is 0 Å². The van der Waals surface area contributed by atoms with Crippen LogP contribution in [0.25, 0.3) is 0 Å². The van der Waals surface area contributed by atoms with E-state index in [9.17, 15) is 9.18 Å². The first-order valence-electron chi connectivity index (χ1n) is 8.72. The first-order valence-corrected chi connectivity index (χ1v) is 8.72. The van der Waals surface area contributed by atoms with E-state index in [2.05, 4.69) is 15.0 Å². The molecule has 1 saturated heterocycles. The van der Waals surface area contributed by atoms with Crippen molar-refractivity contribution in [2.45, 2.75) is 38.6 Å². The zero-order chi connectivity index (χ0) is 18.7. The molecule has 26 heavy (non-hydrogen) atoms. The molecule has 0 saturated carbocycles. The molecule has 1 aromatic carbocycles. The summed E-state index contributed by atoms with van der Waals surface area (Å²) in [6.45, 7) is 4.13. The van der Waals surface area contributed by atoms with Gasteiger partial charge in [-0.2, -0.15) is 0 Å². The quantitative estimate of drug-likeness (QED) is 0.818. The summed E-state index contributed by atoms with van der Waals surface area (Å²) < 4.78 is 19.2. The highest BCUT2D eigenvalue weighted by Crippen LogP contribution is 2.24. The van der Waals surface area contributed by atoms with Gasteiger partial charge in [0.05, 0.1) is 17.8 Å². The van der Waals surface area contributed by atoms with Crippen LogP contribution < -0.4 is 0 Å². The molecule has 0 spiro atoms. The molecular weight excluding hydrogens is 337 g/mol. The highest BCUT2D eigenvalue weighted by atomic mass is 19.1. The lowest BCUT2D eigenvalue weighted by atomic mass is 10.1. The highest BCUT2D eigenvalue weighted by molar-refractivity contribution is 5.87. The lowest BCUT2D eigenvalue weighted by Crippen LogP contribution is -2.38. The van der Waals surface area contributed by atoms with Crippen molar-refractivity contribution in [1.82, 2.24) is 15.0 Å². The Balaban J connectivity index is 1.60. The number of benzene rings is 1. The molecule has 7 heteroatoms. The molecule has 1 aromatic heterocycles. The Kier molecular flexibility index (Phi) is 5.68. The van der Waals surface area contributed by atoms with Crippen LogP contribution in [0.2, 0.25) is 0 Å². The number of hydrogen-bond acceptors (Lipinski definition) is 5. The number of carboxylic acids is 1. The third-order valence-electron chi connectivity index (χ3n) is 4.66. The monoisotopic (exact) mass is 361 g/mol. The van der Waals surface area contributed by atoms with Crippen molar-refractivity contribution in [2.24, 2.45) is 0 Å². The van der Waals surface area contributed by atoms with Gasteiger partial charge in [-0.15, -0.1) is 0 Å².